The van der Waals surface area contributed by atoms with Crippen molar-refractivity contribution in [1.29, 1.82) is 0 Å². The van der Waals surface area contributed by atoms with Crippen LogP contribution in [0, 0.1) is 5.82 Å². The average molecular weight is 468 g/mol. The minimum Gasteiger partial charge on any atom is -0.348 e. The summed E-state index contributed by atoms with van der Waals surface area (Å²) in [5.41, 5.74) is 5.46. The monoisotopic (exact) mass is 467 g/mol. The summed E-state index contributed by atoms with van der Waals surface area (Å²) in [7, 11) is 1.84. The maximum absolute atomic E-state index is 15.0. The van der Waals surface area contributed by atoms with E-state index in [-0.39, 0.29) is 12.5 Å². The number of rotatable bonds is 6. The van der Waals surface area contributed by atoms with E-state index in [4.69, 9.17) is 0 Å². The molecule has 8 nitrogen and oxygen atoms in total. The number of nitrogens with zero attached hydrogens (tertiary/aromatic N) is 5. The molecule has 0 atom stereocenters. The molecule has 2 N–H and O–H groups in total. The molecule has 0 aliphatic heterocycles. The summed E-state index contributed by atoms with van der Waals surface area (Å²) in [6.07, 6.45) is 9.13. The lowest BCUT2D eigenvalue weighted by molar-refractivity contribution is 0.0950. The van der Waals surface area contributed by atoms with Crippen molar-refractivity contribution in [2.75, 3.05) is 0 Å². The van der Waals surface area contributed by atoms with Crippen LogP contribution in [0.15, 0.2) is 61.2 Å². The number of imidazole rings is 1. The number of H-pyrrole nitrogens is 1. The first-order valence-electron chi connectivity index (χ1n) is 11.4. The molecule has 35 heavy (non-hydrogen) atoms. The van der Waals surface area contributed by atoms with Gasteiger partial charge in [-0.05, 0) is 42.7 Å². The lowest BCUT2D eigenvalue weighted by Crippen LogP contribution is -2.23. The summed E-state index contributed by atoms with van der Waals surface area (Å²) >= 11 is 0. The zero-order valence-corrected chi connectivity index (χ0v) is 19.0. The molecule has 0 spiro atoms. The number of carbonyl (C=O) groups is 1. The van der Waals surface area contributed by atoms with Crippen LogP contribution in [0.5, 0.6) is 0 Å². The molecular weight excluding hydrogens is 445 g/mol. The average Bonchev–Trinajstić information content (AvgIpc) is 3.48. The Bertz CT molecular complexity index is 1550. The highest BCUT2D eigenvalue weighted by Gasteiger charge is 2.24. The van der Waals surface area contributed by atoms with Crippen molar-refractivity contribution in [2.24, 2.45) is 7.05 Å². The standard InChI is InChI=1S/C26H22FN7O/c1-34-14-19(13-31-34)24-32-23-20(8-9-28-25(23)33-24)16-4-5-17(21(27)10-16)11-30-26(35)18-6-7-22(29-12-18)15-2-3-15/h4-10,12-15H,2-3,11H2,1H3,(H,30,35)(H,28,32,33). The molecule has 1 fully saturated rings. The van der Waals surface area contributed by atoms with Crippen LogP contribution < -0.4 is 5.32 Å². The van der Waals surface area contributed by atoms with Gasteiger partial charge in [0, 0.05) is 54.9 Å². The van der Waals surface area contributed by atoms with Gasteiger partial charge in [-0.1, -0.05) is 12.1 Å². The van der Waals surface area contributed by atoms with Crippen LogP contribution in [0.2, 0.25) is 0 Å². The van der Waals surface area contributed by atoms with Crippen LogP contribution in [-0.2, 0) is 13.6 Å². The van der Waals surface area contributed by atoms with Crippen LogP contribution in [0.3, 0.4) is 0 Å². The van der Waals surface area contributed by atoms with Crippen LogP contribution in [0.1, 0.15) is 40.4 Å². The van der Waals surface area contributed by atoms with E-state index in [0.29, 0.717) is 39.6 Å². The van der Waals surface area contributed by atoms with Gasteiger partial charge in [-0.15, -0.1) is 0 Å². The number of carbonyl (C=O) groups excluding carboxylic acids is 1. The molecule has 1 aliphatic carbocycles. The maximum Gasteiger partial charge on any atom is 0.253 e. The Kier molecular flexibility index (Phi) is 5.09. The Morgan fingerprint density at radius 1 is 1.14 bits per heavy atom. The van der Waals surface area contributed by atoms with Crippen molar-refractivity contribution in [1.82, 2.24) is 35.0 Å². The fourth-order valence-corrected chi connectivity index (χ4v) is 4.13. The molecule has 0 radical (unpaired) electrons. The molecule has 4 heterocycles. The quantitative estimate of drug-likeness (QED) is 0.386. The zero-order valence-electron chi connectivity index (χ0n) is 19.0. The van der Waals surface area contributed by atoms with Crippen molar-refractivity contribution in [3.8, 4) is 22.5 Å². The van der Waals surface area contributed by atoms with Gasteiger partial charge in [-0.3, -0.25) is 14.5 Å². The van der Waals surface area contributed by atoms with Crippen molar-refractivity contribution in [2.45, 2.75) is 25.3 Å². The van der Waals surface area contributed by atoms with Crippen molar-refractivity contribution in [3.63, 3.8) is 0 Å². The predicted octanol–water partition coefficient (Wildman–Crippen LogP) is 4.37. The first-order chi connectivity index (χ1) is 17.0. The van der Waals surface area contributed by atoms with Crippen molar-refractivity contribution < 1.29 is 9.18 Å². The highest BCUT2D eigenvalue weighted by atomic mass is 19.1. The lowest BCUT2D eigenvalue weighted by Gasteiger charge is -2.09. The number of fused-ring (bicyclic) bond motifs is 1. The second-order valence-corrected chi connectivity index (χ2v) is 8.78. The molecule has 1 aliphatic rings. The molecule has 0 saturated heterocycles. The van der Waals surface area contributed by atoms with Gasteiger partial charge < -0.3 is 10.3 Å². The van der Waals surface area contributed by atoms with E-state index in [2.05, 4.69) is 30.4 Å². The van der Waals surface area contributed by atoms with Gasteiger partial charge in [-0.25, -0.2) is 14.4 Å². The molecule has 1 aromatic carbocycles. The third kappa shape index (κ3) is 4.16. The van der Waals surface area contributed by atoms with Gasteiger partial charge >= 0.3 is 0 Å². The molecule has 0 unspecified atom stereocenters. The van der Waals surface area contributed by atoms with Gasteiger partial charge in [0.15, 0.2) is 5.65 Å². The Hall–Kier alpha value is -4.40. The second-order valence-electron chi connectivity index (χ2n) is 8.78. The fraction of sp³-hybridized carbons (Fsp3) is 0.192. The van der Waals surface area contributed by atoms with E-state index in [1.165, 1.54) is 6.07 Å². The molecule has 1 saturated carbocycles. The van der Waals surface area contributed by atoms with Gasteiger partial charge in [-0.2, -0.15) is 5.10 Å². The van der Waals surface area contributed by atoms with Crippen LogP contribution >= 0.6 is 0 Å². The number of benzene rings is 1. The first kappa shape index (κ1) is 21.2. The van der Waals surface area contributed by atoms with E-state index in [1.54, 1.807) is 35.4 Å². The lowest BCUT2D eigenvalue weighted by atomic mass is 10.0. The first-order valence-corrected chi connectivity index (χ1v) is 11.4. The molecular formula is C26H22FN7O. The summed E-state index contributed by atoms with van der Waals surface area (Å²) in [5.74, 6) is 0.499. The van der Waals surface area contributed by atoms with E-state index < -0.39 is 5.82 Å². The number of halogens is 1. The molecule has 4 aromatic heterocycles. The number of aryl methyl sites for hydroxylation is 1. The summed E-state index contributed by atoms with van der Waals surface area (Å²) in [5, 5.41) is 6.96. The minimum atomic E-state index is -0.401. The van der Waals surface area contributed by atoms with Crippen LogP contribution in [-0.4, -0.2) is 35.6 Å². The number of aromatic nitrogens is 6. The summed E-state index contributed by atoms with van der Waals surface area (Å²) in [4.78, 5) is 29.0. The Balaban J connectivity index is 1.21. The molecule has 1 amide bonds. The minimum absolute atomic E-state index is 0.0797. The Morgan fingerprint density at radius 3 is 2.74 bits per heavy atom. The van der Waals surface area contributed by atoms with E-state index in [1.807, 2.05) is 31.4 Å². The van der Waals surface area contributed by atoms with Crippen molar-refractivity contribution in [3.05, 3.63) is 83.8 Å². The number of hydrogen-bond acceptors (Lipinski definition) is 5. The number of pyridine rings is 2. The van der Waals surface area contributed by atoms with Gasteiger partial charge in [0.2, 0.25) is 0 Å². The molecule has 9 heteroatoms. The third-order valence-electron chi connectivity index (χ3n) is 6.22. The normalized spacial score (nSPS) is 13.3. The summed E-state index contributed by atoms with van der Waals surface area (Å²) in [6, 6.07) is 10.5. The van der Waals surface area contributed by atoms with Crippen molar-refractivity contribution >= 4 is 17.1 Å². The highest BCUT2D eigenvalue weighted by molar-refractivity contribution is 5.94. The topological polar surface area (TPSA) is 101 Å². The molecule has 174 valence electrons. The number of hydrogen-bond donors (Lipinski definition) is 2. The smallest absolute Gasteiger partial charge is 0.253 e. The van der Waals surface area contributed by atoms with Crippen LogP contribution in [0.25, 0.3) is 33.7 Å². The molecule has 0 bridgehead atoms. The Morgan fingerprint density at radius 2 is 2.03 bits per heavy atom. The number of nitrogens with one attached hydrogen (secondary N) is 2. The zero-order chi connectivity index (χ0) is 23.9. The molecule has 5 aromatic rings. The third-order valence-corrected chi connectivity index (χ3v) is 6.22. The number of aromatic amines is 1. The largest absolute Gasteiger partial charge is 0.348 e. The predicted molar refractivity (Wildman–Crippen MR) is 129 cm³/mol. The SMILES string of the molecule is Cn1cc(-c2nc3nccc(-c4ccc(CNC(=O)c5ccc(C6CC6)nc5)c(F)c4)c3[nH]2)cn1. The summed E-state index contributed by atoms with van der Waals surface area (Å²) in [6.45, 7) is 0.0797. The Labute approximate surface area is 200 Å². The highest BCUT2D eigenvalue weighted by Crippen LogP contribution is 2.38. The van der Waals surface area contributed by atoms with Gasteiger partial charge in [0.05, 0.1) is 22.8 Å². The molecule has 6 rings (SSSR count). The summed E-state index contributed by atoms with van der Waals surface area (Å²) < 4.78 is 16.7. The van der Waals surface area contributed by atoms with E-state index in [0.717, 1.165) is 29.7 Å². The van der Waals surface area contributed by atoms with E-state index in [9.17, 15) is 9.18 Å². The maximum atomic E-state index is 15.0. The van der Waals surface area contributed by atoms with Gasteiger partial charge in [0.25, 0.3) is 5.91 Å². The number of amides is 1. The van der Waals surface area contributed by atoms with Crippen LogP contribution in [0.4, 0.5) is 4.39 Å². The fourth-order valence-electron chi connectivity index (χ4n) is 4.13. The van der Waals surface area contributed by atoms with E-state index >= 15 is 0 Å². The van der Waals surface area contributed by atoms with Gasteiger partial charge in [0.1, 0.15) is 11.6 Å². The second kappa shape index (κ2) is 8.43.